The molecular formula is C11H22F2O3S. The van der Waals surface area contributed by atoms with E-state index in [0.29, 0.717) is 12.8 Å². The van der Waals surface area contributed by atoms with E-state index in [-0.39, 0.29) is 13.1 Å². The Morgan fingerprint density at radius 3 is 1.88 bits per heavy atom. The first kappa shape index (κ1) is 16.8. The lowest BCUT2D eigenvalue weighted by molar-refractivity contribution is 0.324. The zero-order valence-corrected chi connectivity index (χ0v) is 10.9. The van der Waals surface area contributed by atoms with Crippen LogP contribution in [0.1, 0.15) is 51.4 Å². The molecule has 104 valence electrons. The molecule has 0 spiro atoms. The molecule has 17 heavy (non-hydrogen) atoms. The Kier molecular flexibility index (Phi) is 9.63. The van der Waals surface area contributed by atoms with Gasteiger partial charge in [-0.3, -0.25) is 8.94 Å². The summed E-state index contributed by atoms with van der Waals surface area (Å²) in [5, 5.41) is 0. The second-order valence-corrected chi connectivity index (χ2v) is 5.80. The quantitative estimate of drug-likeness (QED) is 0.464. The second-order valence-electron chi connectivity index (χ2n) is 4.30. The van der Waals surface area contributed by atoms with Crippen LogP contribution in [0.2, 0.25) is 0 Å². The fourth-order valence-corrected chi connectivity index (χ4v) is 2.28. The molecule has 1 atom stereocenters. The van der Waals surface area contributed by atoms with E-state index in [2.05, 4.69) is 0 Å². The number of alkyl halides is 2. The normalized spacial score (nSPS) is 13.8. The SMILES string of the molecule is O=S(=O)(O)CC(F)CCCCCCCCCF. The molecule has 1 N–H and O–H groups in total. The zero-order chi connectivity index (χ0) is 13.1. The third-order valence-electron chi connectivity index (χ3n) is 2.54. The second kappa shape index (κ2) is 9.76. The van der Waals surface area contributed by atoms with Crippen molar-refractivity contribution in [2.45, 2.75) is 57.5 Å². The monoisotopic (exact) mass is 272 g/mol. The molecule has 0 amide bonds. The molecule has 0 rings (SSSR count). The highest BCUT2D eigenvalue weighted by Gasteiger charge is 2.15. The lowest BCUT2D eigenvalue weighted by atomic mass is 10.1. The predicted molar refractivity (Wildman–Crippen MR) is 64.2 cm³/mol. The van der Waals surface area contributed by atoms with Gasteiger partial charge in [-0.25, -0.2) is 4.39 Å². The number of hydrogen-bond donors (Lipinski definition) is 1. The Bertz CT molecular complexity index is 268. The summed E-state index contributed by atoms with van der Waals surface area (Å²) in [6.45, 7) is -0.265. The number of unbranched alkanes of at least 4 members (excludes halogenated alkanes) is 6. The third kappa shape index (κ3) is 13.7. The molecule has 0 saturated heterocycles. The smallest absolute Gasteiger partial charge is 0.267 e. The lowest BCUT2D eigenvalue weighted by Crippen LogP contribution is -2.16. The molecule has 0 aromatic rings. The third-order valence-corrected chi connectivity index (χ3v) is 3.33. The maximum atomic E-state index is 13.0. The van der Waals surface area contributed by atoms with Crippen molar-refractivity contribution in [3.05, 3.63) is 0 Å². The van der Waals surface area contributed by atoms with E-state index in [1.807, 2.05) is 0 Å². The standard InChI is InChI=1S/C11H22F2O3S/c12-9-7-5-3-1-2-4-6-8-11(13)10-17(14,15)16/h11H,1-10H2,(H,14,15,16). The van der Waals surface area contributed by atoms with Gasteiger partial charge in [-0.2, -0.15) is 8.42 Å². The van der Waals surface area contributed by atoms with Gasteiger partial charge in [-0.1, -0.05) is 38.5 Å². The van der Waals surface area contributed by atoms with Crippen LogP contribution in [0.3, 0.4) is 0 Å². The highest BCUT2D eigenvalue weighted by Crippen LogP contribution is 2.12. The first-order valence-electron chi connectivity index (χ1n) is 6.11. The van der Waals surface area contributed by atoms with Crippen LogP contribution in [0.15, 0.2) is 0 Å². The predicted octanol–water partition coefficient (Wildman–Crippen LogP) is 3.30. The molecule has 0 aliphatic rings. The van der Waals surface area contributed by atoms with Crippen LogP contribution >= 0.6 is 0 Å². The van der Waals surface area contributed by atoms with Gasteiger partial charge in [0.05, 0.1) is 6.67 Å². The summed E-state index contributed by atoms with van der Waals surface area (Å²) in [5.74, 6) is -0.802. The van der Waals surface area contributed by atoms with Gasteiger partial charge in [0.2, 0.25) is 0 Å². The van der Waals surface area contributed by atoms with Crippen LogP contribution in [-0.4, -0.2) is 31.6 Å². The maximum Gasteiger partial charge on any atom is 0.267 e. The zero-order valence-electron chi connectivity index (χ0n) is 10.1. The van der Waals surface area contributed by atoms with Crippen molar-refractivity contribution < 1.29 is 21.8 Å². The first-order valence-corrected chi connectivity index (χ1v) is 7.72. The fraction of sp³-hybridized carbons (Fsp3) is 1.00. The van der Waals surface area contributed by atoms with Crippen LogP contribution < -0.4 is 0 Å². The van der Waals surface area contributed by atoms with Gasteiger partial charge >= 0.3 is 0 Å². The molecule has 0 heterocycles. The highest BCUT2D eigenvalue weighted by atomic mass is 32.2. The van der Waals surface area contributed by atoms with Crippen molar-refractivity contribution in [2.75, 3.05) is 12.4 Å². The molecule has 0 aliphatic heterocycles. The molecule has 0 fully saturated rings. The Labute approximate surface area is 102 Å². The summed E-state index contributed by atoms with van der Waals surface area (Å²) in [5.41, 5.74) is 0. The lowest BCUT2D eigenvalue weighted by Gasteiger charge is -2.05. The molecule has 0 aliphatic carbocycles. The molecule has 1 unspecified atom stereocenters. The summed E-state index contributed by atoms with van der Waals surface area (Å²) < 4.78 is 53.9. The molecule has 0 aromatic carbocycles. The summed E-state index contributed by atoms with van der Waals surface area (Å²) in [6, 6.07) is 0. The molecule has 0 saturated carbocycles. The Hall–Kier alpha value is -0.230. The van der Waals surface area contributed by atoms with Gasteiger partial charge < -0.3 is 0 Å². The number of hydrogen-bond acceptors (Lipinski definition) is 2. The maximum absolute atomic E-state index is 13.0. The van der Waals surface area contributed by atoms with Crippen molar-refractivity contribution in [1.29, 1.82) is 0 Å². The van der Waals surface area contributed by atoms with E-state index >= 15 is 0 Å². The number of rotatable bonds is 11. The highest BCUT2D eigenvalue weighted by molar-refractivity contribution is 7.85. The van der Waals surface area contributed by atoms with Crippen molar-refractivity contribution in [3.8, 4) is 0 Å². The Morgan fingerprint density at radius 1 is 0.941 bits per heavy atom. The molecule has 3 nitrogen and oxygen atoms in total. The Morgan fingerprint density at radius 2 is 1.41 bits per heavy atom. The molecule has 0 radical (unpaired) electrons. The molecule has 6 heteroatoms. The van der Waals surface area contributed by atoms with Gasteiger partial charge in [-0.15, -0.1) is 0 Å². The minimum Gasteiger partial charge on any atom is -0.285 e. The average molecular weight is 272 g/mol. The van der Waals surface area contributed by atoms with E-state index in [4.69, 9.17) is 4.55 Å². The summed E-state index contributed by atoms with van der Waals surface area (Å²) in [6.07, 6.45) is 4.64. The van der Waals surface area contributed by atoms with E-state index in [1.165, 1.54) is 0 Å². The minimum atomic E-state index is -4.19. The van der Waals surface area contributed by atoms with E-state index < -0.39 is 22.0 Å². The summed E-state index contributed by atoms with van der Waals surface area (Å²) in [7, 11) is -4.19. The molecule has 0 aromatic heterocycles. The summed E-state index contributed by atoms with van der Waals surface area (Å²) in [4.78, 5) is 0. The minimum absolute atomic E-state index is 0.171. The van der Waals surface area contributed by atoms with Crippen molar-refractivity contribution in [3.63, 3.8) is 0 Å². The average Bonchev–Trinajstić information content (AvgIpc) is 2.19. The van der Waals surface area contributed by atoms with Crippen molar-refractivity contribution in [1.82, 2.24) is 0 Å². The van der Waals surface area contributed by atoms with E-state index in [1.54, 1.807) is 0 Å². The van der Waals surface area contributed by atoms with Gasteiger partial charge in [-0.05, 0) is 12.8 Å². The van der Waals surface area contributed by atoms with Crippen molar-refractivity contribution >= 4 is 10.1 Å². The van der Waals surface area contributed by atoms with E-state index in [0.717, 1.165) is 32.1 Å². The Balaban J connectivity index is 3.28. The largest absolute Gasteiger partial charge is 0.285 e. The first-order chi connectivity index (χ1) is 7.95. The van der Waals surface area contributed by atoms with Crippen LogP contribution in [0.25, 0.3) is 0 Å². The summed E-state index contributed by atoms with van der Waals surface area (Å²) >= 11 is 0. The van der Waals surface area contributed by atoms with Crippen LogP contribution in [0.5, 0.6) is 0 Å². The van der Waals surface area contributed by atoms with Gasteiger partial charge in [0.25, 0.3) is 10.1 Å². The van der Waals surface area contributed by atoms with E-state index in [9.17, 15) is 17.2 Å². The molecular weight excluding hydrogens is 250 g/mol. The van der Waals surface area contributed by atoms with Crippen LogP contribution in [-0.2, 0) is 10.1 Å². The van der Waals surface area contributed by atoms with Crippen molar-refractivity contribution in [2.24, 2.45) is 0 Å². The van der Waals surface area contributed by atoms with Gasteiger partial charge in [0.1, 0.15) is 11.9 Å². The number of halogens is 2. The van der Waals surface area contributed by atoms with Gasteiger partial charge in [0.15, 0.2) is 0 Å². The molecule has 0 bridgehead atoms. The van der Waals surface area contributed by atoms with Gasteiger partial charge in [0, 0.05) is 0 Å². The van der Waals surface area contributed by atoms with Crippen LogP contribution in [0, 0.1) is 0 Å². The topological polar surface area (TPSA) is 54.4 Å². The fourth-order valence-electron chi connectivity index (χ4n) is 1.66. The van der Waals surface area contributed by atoms with Crippen LogP contribution in [0.4, 0.5) is 8.78 Å².